The van der Waals surface area contributed by atoms with Crippen molar-refractivity contribution >= 4 is 5.91 Å². The molecule has 1 amide bonds. The number of amides is 1. The van der Waals surface area contributed by atoms with Crippen molar-refractivity contribution in [1.29, 1.82) is 0 Å². The molecule has 2 heterocycles. The summed E-state index contributed by atoms with van der Waals surface area (Å²) in [5.41, 5.74) is 0. The normalized spacial score (nSPS) is 22.7. The van der Waals surface area contributed by atoms with E-state index >= 15 is 0 Å². The molecule has 1 aromatic heterocycles. The van der Waals surface area contributed by atoms with Crippen molar-refractivity contribution in [3.63, 3.8) is 0 Å². The molecule has 0 N–H and O–H groups in total. The van der Waals surface area contributed by atoms with Crippen LogP contribution in [0.1, 0.15) is 24.6 Å². The quantitative estimate of drug-likeness (QED) is 0.761. The number of likely N-dealkylation sites (tertiary alicyclic amines) is 1. The van der Waals surface area contributed by atoms with Gasteiger partial charge in [0.2, 0.25) is 11.8 Å². The first-order valence-electron chi connectivity index (χ1n) is 7.25. The lowest BCUT2D eigenvalue weighted by Crippen LogP contribution is -2.39. The van der Waals surface area contributed by atoms with Crippen molar-refractivity contribution in [2.45, 2.75) is 38.3 Å². The van der Waals surface area contributed by atoms with Crippen LogP contribution in [0.2, 0.25) is 0 Å². The Morgan fingerprint density at radius 1 is 1.57 bits per heavy atom. The van der Waals surface area contributed by atoms with Gasteiger partial charge in [0.05, 0.1) is 6.10 Å². The highest BCUT2D eigenvalue weighted by Crippen LogP contribution is 2.18. The summed E-state index contributed by atoms with van der Waals surface area (Å²) < 4.78 is 10.4. The van der Waals surface area contributed by atoms with Gasteiger partial charge in [0, 0.05) is 46.1 Å². The van der Waals surface area contributed by atoms with E-state index in [0.29, 0.717) is 30.6 Å². The minimum Gasteiger partial charge on any atom is -0.380 e. The van der Waals surface area contributed by atoms with Crippen molar-refractivity contribution < 1.29 is 14.1 Å². The van der Waals surface area contributed by atoms with E-state index in [1.165, 1.54) is 0 Å². The summed E-state index contributed by atoms with van der Waals surface area (Å²) in [5.74, 6) is 1.22. The summed E-state index contributed by atoms with van der Waals surface area (Å²) in [7, 11) is 5.65. The zero-order valence-corrected chi connectivity index (χ0v) is 13.2. The maximum Gasteiger partial charge on any atom is 0.227 e. The summed E-state index contributed by atoms with van der Waals surface area (Å²) in [6.07, 6.45) is 2.12. The number of ether oxygens (including phenoxy) is 1. The monoisotopic (exact) mass is 296 g/mol. The Labute approximate surface area is 125 Å². The second-order valence-electron chi connectivity index (χ2n) is 5.70. The summed E-state index contributed by atoms with van der Waals surface area (Å²) in [5, 5.41) is 3.72. The van der Waals surface area contributed by atoms with E-state index in [0.717, 1.165) is 19.5 Å². The third-order valence-electron chi connectivity index (χ3n) is 4.02. The van der Waals surface area contributed by atoms with Crippen LogP contribution >= 0.6 is 0 Å². The molecule has 0 aliphatic carbocycles. The van der Waals surface area contributed by atoms with Crippen LogP contribution in [0.15, 0.2) is 4.52 Å². The van der Waals surface area contributed by atoms with Gasteiger partial charge in [0.15, 0.2) is 5.82 Å². The maximum atomic E-state index is 12.2. The molecule has 2 atom stereocenters. The van der Waals surface area contributed by atoms with Crippen LogP contribution in [-0.4, -0.2) is 72.3 Å². The first kappa shape index (κ1) is 15.9. The second-order valence-corrected chi connectivity index (χ2v) is 5.70. The van der Waals surface area contributed by atoms with Crippen LogP contribution in [0.25, 0.3) is 0 Å². The third kappa shape index (κ3) is 4.25. The molecule has 1 saturated heterocycles. The number of carbonyl (C=O) groups is 1. The summed E-state index contributed by atoms with van der Waals surface area (Å²) in [6, 6.07) is 0.356. The highest BCUT2D eigenvalue weighted by Gasteiger charge is 2.30. The number of aryl methyl sites for hydroxylation is 2. The molecule has 118 valence electrons. The Bertz CT molecular complexity index is 477. The Balaban J connectivity index is 1.77. The fraction of sp³-hybridized carbons (Fsp3) is 0.786. The highest BCUT2D eigenvalue weighted by molar-refractivity contribution is 5.76. The maximum absolute atomic E-state index is 12.2. The lowest BCUT2D eigenvalue weighted by atomic mass is 10.2. The molecule has 1 aliphatic rings. The summed E-state index contributed by atoms with van der Waals surface area (Å²) in [4.78, 5) is 20.3. The summed E-state index contributed by atoms with van der Waals surface area (Å²) in [6.45, 7) is 3.41. The molecule has 7 nitrogen and oxygen atoms in total. The molecule has 0 spiro atoms. The SMILES string of the molecule is CO[C@H]1C[C@@H](CN(C)C(=O)CCc2nc(C)no2)N(C)C1. The van der Waals surface area contributed by atoms with E-state index in [2.05, 4.69) is 22.1 Å². The number of methoxy groups -OCH3 is 1. The fourth-order valence-electron chi connectivity index (χ4n) is 2.68. The van der Waals surface area contributed by atoms with Crippen molar-refractivity contribution in [3.05, 3.63) is 11.7 Å². The number of likely N-dealkylation sites (N-methyl/N-ethyl adjacent to an activating group) is 2. The van der Waals surface area contributed by atoms with Gasteiger partial charge in [-0.25, -0.2) is 0 Å². The number of rotatable bonds is 6. The lowest BCUT2D eigenvalue weighted by Gasteiger charge is -2.25. The summed E-state index contributed by atoms with van der Waals surface area (Å²) >= 11 is 0. The molecular formula is C14H24N4O3. The van der Waals surface area contributed by atoms with Gasteiger partial charge in [0.1, 0.15) is 0 Å². The Hall–Kier alpha value is -1.47. The van der Waals surface area contributed by atoms with Gasteiger partial charge in [-0.05, 0) is 20.4 Å². The van der Waals surface area contributed by atoms with E-state index in [1.54, 1.807) is 18.9 Å². The van der Waals surface area contributed by atoms with Crippen molar-refractivity contribution in [2.75, 3.05) is 34.3 Å². The van der Waals surface area contributed by atoms with Crippen LogP contribution in [0, 0.1) is 6.92 Å². The largest absolute Gasteiger partial charge is 0.380 e. The molecule has 21 heavy (non-hydrogen) atoms. The number of hydrogen-bond acceptors (Lipinski definition) is 6. The molecule has 7 heteroatoms. The Morgan fingerprint density at radius 3 is 2.90 bits per heavy atom. The average molecular weight is 296 g/mol. The van der Waals surface area contributed by atoms with Gasteiger partial charge in [-0.15, -0.1) is 0 Å². The number of carbonyl (C=O) groups excluding carboxylic acids is 1. The lowest BCUT2D eigenvalue weighted by molar-refractivity contribution is -0.130. The molecule has 0 unspecified atom stereocenters. The molecular weight excluding hydrogens is 272 g/mol. The molecule has 0 saturated carbocycles. The topological polar surface area (TPSA) is 71.7 Å². The van der Waals surface area contributed by atoms with Crippen LogP contribution < -0.4 is 0 Å². The van der Waals surface area contributed by atoms with Gasteiger partial charge < -0.3 is 14.2 Å². The van der Waals surface area contributed by atoms with E-state index in [4.69, 9.17) is 9.26 Å². The standard InChI is InChI=1S/C14H24N4O3/c1-10-15-13(21-16-10)5-6-14(19)18(3)8-11-7-12(20-4)9-17(11)2/h11-12H,5-9H2,1-4H3/t11-,12-/m0/s1. The van der Waals surface area contributed by atoms with Gasteiger partial charge in [-0.3, -0.25) is 9.69 Å². The van der Waals surface area contributed by atoms with Crippen LogP contribution in [0.4, 0.5) is 0 Å². The molecule has 0 radical (unpaired) electrons. The van der Waals surface area contributed by atoms with Gasteiger partial charge in [0.25, 0.3) is 0 Å². The number of hydrogen-bond donors (Lipinski definition) is 0. The molecule has 1 aromatic rings. The minimum atomic E-state index is 0.0973. The van der Waals surface area contributed by atoms with Crippen LogP contribution in [0.5, 0.6) is 0 Å². The van der Waals surface area contributed by atoms with Gasteiger partial charge in [-0.2, -0.15) is 4.98 Å². The van der Waals surface area contributed by atoms with Crippen molar-refractivity contribution in [1.82, 2.24) is 19.9 Å². The van der Waals surface area contributed by atoms with Gasteiger partial charge >= 0.3 is 0 Å². The first-order valence-corrected chi connectivity index (χ1v) is 7.25. The number of aromatic nitrogens is 2. The van der Waals surface area contributed by atoms with E-state index in [1.807, 2.05) is 7.05 Å². The smallest absolute Gasteiger partial charge is 0.227 e. The van der Waals surface area contributed by atoms with E-state index in [-0.39, 0.29) is 12.0 Å². The molecule has 0 bridgehead atoms. The average Bonchev–Trinajstić information content (AvgIpc) is 3.02. The first-order chi connectivity index (χ1) is 9.99. The fourth-order valence-corrected chi connectivity index (χ4v) is 2.68. The van der Waals surface area contributed by atoms with Crippen LogP contribution in [0.3, 0.4) is 0 Å². The molecule has 1 aliphatic heterocycles. The van der Waals surface area contributed by atoms with Gasteiger partial charge in [-0.1, -0.05) is 5.16 Å². The minimum absolute atomic E-state index is 0.0973. The molecule has 1 fully saturated rings. The Kier molecular flexibility index (Phi) is 5.30. The Morgan fingerprint density at radius 2 is 2.33 bits per heavy atom. The van der Waals surface area contributed by atoms with E-state index < -0.39 is 0 Å². The van der Waals surface area contributed by atoms with E-state index in [9.17, 15) is 4.79 Å². The third-order valence-corrected chi connectivity index (χ3v) is 4.02. The predicted octanol–water partition coefficient (Wildman–Crippen LogP) is 0.488. The van der Waals surface area contributed by atoms with Crippen LogP contribution in [-0.2, 0) is 16.0 Å². The predicted molar refractivity (Wildman–Crippen MR) is 76.8 cm³/mol. The highest BCUT2D eigenvalue weighted by atomic mass is 16.5. The second kappa shape index (κ2) is 7.00. The molecule has 0 aromatic carbocycles. The molecule has 2 rings (SSSR count). The van der Waals surface area contributed by atoms with Crippen molar-refractivity contribution in [3.8, 4) is 0 Å². The zero-order chi connectivity index (χ0) is 15.4. The zero-order valence-electron chi connectivity index (χ0n) is 13.2. The number of nitrogens with zero attached hydrogens (tertiary/aromatic N) is 4. The van der Waals surface area contributed by atoms with Crippen molar-refractivity contribution in [2.24, 2.45) is 0 Å².